The molecule has 0 aromatic heterocycles. The van der Waals surface area contributed by atoms with Crippen molar-refractivity contribution >= 4 is 11.6 Å². The first-order valence-corrected chi connectivity index (χ1v) is 3.41. The minimum Gasteiger partial charge on any atom is -0.384 e. The molecule has 1 nitrogen and oxygen atoms in total. The zero-order valence-electron chi connectivity index (χ0n) is 5.11. The van der Waals surface area contributed by atoms with Gasteiger partial charge < -0.3 is 4.74 Å². The third-order valence-corrected chi connectivity index (χ3v) is 2.26. The second-order valence-electron chi connectivity index (χ2n) is 2.57. The van der Waals surface area contributed by atoms with Gasteiger partial charge in [0.25, 0.3) is 0 Å². The minimum atomic E-state index is 0.385. The summed E-state index contributed by atoms with van der Waals surface area (Å²) in [5, 5.41) is 0. The Morgan fingerprint density at radius 3 is 2.38 bits per heavy atom. The summed E-state index contributed by atoms with van der Waals surface area (Å²) < 4.78 is 4.98. The van der Waals surface area contributed by atoms with Crippen molar-refractivity contribution in [2.45, 2.75) is 12.8 Å². The van der Waals surface area contributed by atoms with Gasteiger partial charge in [-0.1, -0.05) is 0 Å². The summed E-state index contributed by atoms with van der Waals surface area (Å²) in [5.41, 5.74) is 0.385. The van der Waals surface area contributed by atoms with Crippen molar-refractivity contribution in [1.29, 1.82) is 0 Å². The lowest BCUT2D eigenvalue weighted by Crippen LogP contribution is -2.09. The third kappa shape index (κ3) is 1.15. The van der Waals surface area contributed by atoms with Crippen LogP contribution in [-0.2, 0) is 4.74 Å². The van der Waals surface area contributed by atoms with E-state index in [1.54, 1.807) is 7.11 Å². The molecular formula is C6H11ClO. The predicted octanol–water partition coefficient (Wildman–Crippen LogP) is 1.65. The monoisotopic (exact) mass is 134 g/mol. The highest BCUT2D eigenvalue weighted by molar-refractivity contribution is 6.18. The molecule has 1 rings (SSSR count). The largest absolute Gasteiger partial charge is 0.384 e. The zero-order chi connectivity index (χ0) is 6.04. The number of methoxy groups -OCH3 is 1. The molecule has 0 bridgehead atoms. The van der Waals surface area contributed by atoms with E-state index in [1.165, 1.54) is 12.8 Å². The standard InChI is InChI=1S/C6H11ClO/c1-8-5-6(4-7)2-3-6/h2-5H2,1H3. The molecule has 0 radical (unpaired) electrons. The van der Waals surface area contributed by atoms with Gasteiger partial charge in [-0.15, -0.1) is 11.6 Å². The van der Waals surface area contributed by atoms with E-state index in [4.69, 9.17) is 16.3 Å². The third-order valence-electron chi connectivity index (χ3n) is 1.69. The second kappa shape index (κ2) is 2.24. The molecule has 0 aromatic rings. The van der Waals surface area contributed by atoms with E-state index in [9.17, 15) is 0 Å². The molecule has 0 spiro atoms. The zero-order valence-corrected chi connectivity index (χ0v) is 5.87. The van der Waals surface area contributed by atoms with Crippen molar-refractivity contribution in [1.82, 2.24) is 0 Å². The lowest BCUT2D eigenvalue weighted by Gasteiger charge is -2.06. The van der Waals surface area contributed by atoms with Crippen LogP contribution >= 0.6 is 11.6 Å². The van der Waals surface area contributed by atoms with Crippen molar-refractivity contribution in [2.24, 2.45) is 5.41 Å². The minimum absolute atomic E-state index is 0.385. The van der Waals surface area contributed by atoms with Gasteiger partial charge in [0.2, 0.25) is 0 Å². The Kier molecular flexibility index (Phi) is 1.78. The first-order valence-electron chi connectivity index (χ1n) is 2.88. The summed E-state index contributed by atoms with van der Waals surface area (Å²) in [4.78, 5) is 0. The lowest BCUT2D eigenvalue weighted by atomic mass is 10.2. The van der Waals surface area contributed by atoms with Gasteiger partial charge in [-0.25, -0.2) is 0 Å². The summed E-state index contributed by atoms with van der Waals surface area (Å²) in [6, 6.07) is 0. The fraction of sp³-hybridized carbons (Fsp3) is 1.00. The molecule has 1 fully saturated rings. The number of ether oxygens (including phenoxy) is 1. The Bertz CT molecular complexity index is 78.6. The molecule has 0 heterocycles. The van der Waals surface area contributed by atoms with Crippen LogP contribution in [0.5, 0.6) is 0 Å². The smallest absolute Gasteiger partial charge is 0.0530 e. The van der Waals surface area contributed by atoms with Crippen LogP contribution in [0.2, 0.25) is 0 Å². The normalized spacial score (nSPS) is 23.2. The van der Waals surface area contributed by atoms with Gasteiger partial charge in [-0.05, 0) is 12.8 Å². The Labute approximate surface area is 55.0 Å². The molecule has 0 aliphatic heterocycles. The van der Waals surface area contributed by atoms with E-state index in [1.807, 2.05) is 0 Å². The molecule has 1 aliphatic carbocycles. The molecule has 1 aliphatic rings. The first kappa shape index (κ1) is 6.37. The van der Waals surface area contributed by atoms with Crippen LogP contribution in [0.25, 0.3) is 0 Å². The van der Waals surface area contributed by atoms with Gasteiger partial charge in [0.05, 0.1) is 6.61 Å². The van der Waals surface area contributed by atoms with Gasteiger partial charge in [0, 0.05) is 18.4 Å². The molecule has 8 heavy (non-hydrogen) atoms. The average Bonchev–Trinajstić information content (AvgIpc) is 2.50. The van der Waals surface area contributed by atoms with E-state index in [-0.39, 0.29) is 0 Å². The van der Waals surface area contributed by atoms with Crippen molar-refractivity contribution in [2.75, 3.05) is 19.6 Å². The van der Waals surface area contributed by atoms with Crippen molar-refractivity contribution < 1.29 is 4.74 Å². The molecule has 0 N–H and O–H groups in total. The number of halogens is 1. The lowest BCUT2D eigenvalue weighted by molar-refractivity contribution is 0.151. The van der Waals surface area contributed by atoms with E-state index >= 15 is 0 Å². The van der Waals surface area contributed by atoms with Gasteiger partial charge in [-0.3, -0.25) is 0 Å². The highest BCUT2D eigenvalue weighted by Crippen LogP contribution is 2.46. The Morgan fingerprint density at radius 1 is 1.62 bits per heavy atom. The molecule has 1 saturated carbocycles. The summed E-state index contributed by atoms with van der Waals surface area (Å²) >= 11 is 5.65. The van der Waals surface area contributed by atoms with Crippen LogP contribution in [0.3, 0.4) is 0 Å². The summed E-state index contributed by atoms with van der Waals surface area (Å²) in [6.07, 6.45) is 2.51. The van der Waals surface area contributed by atoms with Gasteiger partial charge >= 0.3 is 0 Å². The van der Waals surface area contributed by atoms with Crippen LogP contribution in [0.4, 0.5) is 0 Å². The van der Waals surface area contributed by atoms with Crippen LogP contribution in [0, 0.1) is 5.41 Å². The first-order chi connectivity index (χ1) is 3.83. The molecule has 2 heteroatoms. The SMILES string of the molecule is COCC1(CCl)CC1. The van der Waals surface area contributed by atoms with Crippen LogP contribution in [0.1, 0.15) is 12.8 Å². The van der Waals surface area contributed by atoms with Crippen LogP contribution < -0.4 is 0 Å². The van der Waals surface area contributed by atoms with E-state index in [0.717, 1.165) is 12.5 Å². The fourth-order valence-corrected chi connectivity index (χ4v) is 1.14. The number of alkyl halides is 1. The second-order valence-corrected chi connectivity index (χ2v) is 2.83. The molecule has 0 aromatic carbocycles. The Balaban J connectivity index is 2.20. The maximum absolute atomic E-state index is 5.65. The maximum Gasteiger partial charge on any atom is 0.0530 e. The van der Waals surface area contributed by atoms with E-state index in [2.05, 4.69) is 0 Å². The quantitative estimate of drug-likeness (QED) is 0.534. The molecule has 48 valence electrons. The highest BCUT2D eigenvalue weighted by atomic mass is 35.5. The Hall–Kier alpha value is 0.250. The van der Waals surface area contributed by atoms with Crippen molar-refractivity contribution in [3.8, 4) is 0 Å². The topological polar surface area (TPSA) is 9.23 Å². The number of hydrogen-bond acceptors (Lipinski definition) is 1. The molecule has 0 atom stereocenters. The molecule has 0 unspecified atom stereocenters. The van der Waals surface area contributed by atoms with Crippen LogP contribution in [0.15, 0.2) is 0 Å². The summed E-state index contributed by atoms with van der Waals surface area (Å²) in [7, 11) is 1.73. The van der Waals surface area contributed by atoms with Crippen molar-refractivity contribution in [3.63, 3.8) is 0 Å². The number of hydrogen-bond donors (Lipinski definition) is 0. The number of rotatable bonds is 3. The highest BCUT2D eigenvalue weighted by Gasteiger charge is 2.41. The van der Waals surface area contributed by atoms with Crippen LogP contribution in [-0.4, -0.2) is 19.6 Å². The van der Waals surface area contributed by atoms with E-state index < -0.39 is 0 Å². The van der Waals surface area contributed by atoms with E-state index in [0.29, 0.717) is 5.41 Å². The summed E-state index contributed by atoms with van der Waals surface area (Å²) in [6.45, 7) is 0.844. The van der Waals surface area contributed by atoms with Gasteiger partial charge in [0.1, 0.15) is 0 Å². The predicted molar refractivity (Wildman–Crippen MR) is 34.3 cm³/mol. The average molecular weight is 135 g/mol. The summed E-state index contributed by atoms with van der Waals surface area (Å²) in [5.74, 6) is 0.765. The molecule has 0 saturated heterocycles. The maximum atomic E-state index is 5.65. The fourth-order valence-electron chi connectivity index (χ4n) is 0.800. The molecule has 0 amide bonds. The van der Waals surface area contributed by atoms with Crippen molar-refractivity contribution in [3.05, 3.63) is 0 Å². The Morgan fingerprint density at radius 2 is 2.25 bits per heavy atom. The molecular weight excluding hydrogens is 124 g/mol. The van der Waals surface area contributed by atoms with Gasteiger partial charge in [-0.2, -0.15) is 0 Å². The van der Waals surface area contributed by atoms with Gasteiger partial charge in [0.15, 0.2) is 0 Å².